The minimum absolute atomic E-state index is 0.251. The number of aliphatic hydroxyl groups is 1. The molecule has 0 unspecified atom stereocenters. The third kappa shape index (κ3) is 7.78. The third-order valence-corrected chi connectivity index (χ3v) is 4.34. The van der Waals surface area contributed by atoms with E-state index < -0.39 is 5.97 Å². The van der Waals surface area contributed by atoms with Crippen LogP contribution in [0, 0.1) is 0 Å². The van der Waals surface area contributed by atoms with Gasteiger partial charge in [0.2, 0.25) is 0 Å². The number of β-amino-alcohol motifs (C(OH)–C–C–N with tert-alkyl or cyclic N) is 1. The molecule has 1 aromatic heterocycles. The summed E-state index contributed by atoms with van der Waals surface area (Å²) in [6.45, 7) is 5.10. The standard InChI is InChI=1S/C12H17ClN2O.C8H7NO2/c13-11-1-3-12(4-2-11)15-7-5-14(6-8-15)9-10-16;10-8(11)4-3-7-2-1-5-9-6-7/h1-4,16H,5-10H2;1-6H,(H,10,11)/b;4-3+. The second-order valence-corrected chi connectivity index (χ2v) is 6.42. The van der Waals surface area contributed by atoms with Crippen molar-refractivity contribution in [2.75, 3.05) is 44.2 Å². The molecule has 1 aliphatic heterocycles. The molecule has 0 bridgehead atoms. The zero-order chi connectivity index (χ0) is 19.5. The number of aliphatic carboxylic acids is 1. The van der Waals surface area contributed by atoms with Crippen LogP contribution >= 0.6 is 11.6 Å². The lowest BCUT2D eigenvalue weighted by Crippen LogP contribution is -2.47. The van der Waals surface area contributed by atoms with E-state index >= 15 is 0 Å². The minimum Gasteiger partial charge on any atom is -0.478 e. The Balaban J connectivity index is 0.000000208. The molecule has 1 fully saturated rings. The van der Waals surface area contributed by atoms with Crippen LogP contribution in [-0.2, 0) is 4.79 Å². The molecule has 3 rings (SSSR count). The fourth-order valence-corrected chi connectivity index (χ4v) is 2.79. The zero-order valence-corrected chi connectivity index (χ0v) is 15.8. The van der Waals surface area contributed by atoms with Crippen molar-refractivity contribution in [1.29, 1.82) is 0 Å². The molecule has 0 radical (unpaired) electrons. The summed E-state index contributed by atoms with van der Waals surface area (Å²) in [5, 5.41) is 17.9. The number of pyridine rings is 1. The van der Waals surface area contributed by atoms with E-state index in [-0.39, 0.29) is 6.61 Å². The second-order valence-electron chi connectivity index (χ2n) is 5.99. The number of carbonyl (C=O) groups is 1. The first kappa shape index (κ1) is 20.9. The molecule has 1 aliphatic rings. The van der Waals surface area contributed by atoms with Crippen molar-refractivity contribution in [3.05, 3.63) is 65.5 Å². The van der Waals surface area contributed by atoms with E-state index in [1.807, 2.05) is 12.1 Å². The molecule has 2 aromatic rings. The Kier molecular flexibility index (Phi) is 8.77. The normalized spacial score (nSPS) is 14.7. The Morgan fingerprint density at radius 1 is 1.15 bits per heavy atom. The molecular weight excluding hydrogens is 366 g/mol. The monoisotopic (exact) mass is 389 g/mol. The number of piperazine rings is 1. The van der Waals surface area contributed by atoms with Crippen molar-refractivity contribution in [2.24, 2.45) is 0 Å². The highest BCUT2D eigenvalue weighted by atomic mass is 35.5. The number of rotatable bonds is 5. The topological polar surface area (TPSA) is 76.9 Å². The maximum absolute atomic E-state index is 10.1. The number of aliphatic hydroxyl groups excluding tert-OH is 1. The number of anilines is 1. The summed E-state index contributed by atoms with van der Waals surface area (Å²) in [6, 6.07) is 11.5. The lowest BCUT2D eigenvalue weighted by Gasteiger charge is -2.35. The summed E-state index contributed by atoms with van der Waals surface area (Å²) < 4.78 is 0. The maximum atomic E-state index is 10.1. The lowest BCUT2D eigenvalue weighted by atomic mass is 10.2. The van der Waals surface area contributed by atoms with Crippen LogP contribution in [0.4, 0.5) is 5.69 Å². The van der Waals surface area contributed by atoms with E-state index in [0.29, 0.717) is 0 Å². The number of nitrogens with zero attached hydrogens (tertiary/aromatic N) is 3. The van der Waals surface area contributed by atoms with Crippen LogP contribution in [0.2, 0.25) is 5.02 Å². The molecule has 144 valence electrons. The fourth-order valence-electron chi connectivity index (χ4n) is 2.67. The molecule has 2 N–H and O–H groups in total. The van der Waals surface area contributed by atoms with Crippen LogP contribution in [0.15, 0.2) is 54.9 Å². The Bertz CT molecular complexity index is 715. The first-order valence-electron chi connectivity index (χ1n) is 8.73. The number of carboxylic acid groups (broad SMARTS) is 1. The average molecular weight is 390 g/mol. The molecular formula is C20H24ClN3O3. The number of benzene rings is 1. The largest absolute Gasteiger partial charge is 0.478 e. The van der Waals surface area contributed by atoms with Crippen molar-refractivity contribution in [3.63, 3.8) is 0 Å². The molecule has 1 saturated heterocycles. The summed E-state index contributed by atoms with van der Waals surface area (Å²) >= 11 is 5.86. The quantitative estimate of drug-likeness (QED) is 0.765. The molecule has 0 aliphatic carbocycles. The van der Waals surface area contributed by atoms with E-state index in [0.717, 1.165) is 49.4 Å². The van der Waals surface area contributed by atoms with Crippen LogP contribution in [0.3, 0.4) is 0 Å². The molecule has 0 amide bonds. The SMILES string of the molecule is O=C(O)/C=C/c1cccnc1.OCCN1CCN(c2ccc(Cl)cc2)CC1. The van der Waals surface area contributed by atoms with Crippen LogP contribution in [0.1, 0.15) is 5.56 Å². The highest BCUT2D eigenvalue weighted by molar-refractivity contribution is 6.30. The summed E-state index contributed by atoms with van der Waals surface area (Å²) in [6.07, 6.45) is 5.81. The summed E-state index contributed by atoms with van der Waals surface area (Å²) in [4.78, 5) is 18.5. The zero-order valence-electron chi connectivity index (χ0n) is 15.0. The minimum atomic E-state index is -0.950. The van der Waals surface area contributed by atoms with Crippen LogP contribution in [0.25, 0.3) is 6.08 Å². The van der Waals surface area contributed by atoms with Gasteiger partial charge in [-0.3, -0.25) is 9.88 Å². The van der Waals surface area contributed by atoms with Crippen molar-refractivity contribution in [1.82, 2.24) is 9.88 Å². The van der Waals surface area contributed by atoms with Crippen LogP contribution in [0.5, 0.6) is 0 Å². The van der Waals surface area contributed by atoms with E-state index in [4.69, 9.17) is 21.8 Å². The smallest absolute Gasteiger partial charge is 0.328 e. The van der Waals surface area contributed by atoms with E-state index in [1.54, 1.807) is 24.5 Å². The Morgan fingerprint density at radius 3 is 2.41 bits per heavy atom. The van der Waals surface area contributed by atoms with Gasteiger partial charge >= 0.3 is 5.97 Å². The average Bonchev–Trinajstić information content (AvgIpc) is 2.69. The van der Waals surface area contributed by atoms with Gasteiger partial charge in [-0.1, -0.05) is 17.7 Å². The van der Waals surface area contributed by atoms with E-state index in [2.05, 4.69) is 26.9 Å². The molecule has 27 heavy (non-hydrogen) atoms. The number of carboxylic acids is 1. The lowest BCUT2D eigenvalue weighted by molar-refractivity contribution is -0.131. The predicted octanol–water partition coefficient (Wildman–Crippen LogP) is 2.63. The molecule has 0 spiro atoms. The first-order valence-corrected chi connectivity index (χ1v) is 9.11. The third-order valence-electron chi connectivity index (χ3n) is 4.08. The second kappa shape index (κ2) is 11.3. The molecule has 7 heteroatoms. The summed E-state index contributed by atoms with van der Waals surface area (Å²) in [5.41, 5.74) is 2.02. The van der Waals surface area contributed by atoms with Gasteiger partial charge in [0, 0.05) is 61.9 Å². The van der Waals surface area contributed by atoms with Gasteiger partial charge in [-0.05, 0) is 42.0 Å². The maximum Gasteiger partial charge on any atom is 0.328 e. The van der Waals surface area contributed by atoms with Gasteiger partial charge in [-0.2, -0.15) is 0 Å². The van der Waals surface area contributed by atoms with Crippen molar-refractivity contribution < 1.29 is 15.0 Å². The van der Waals surface area contributed by atoms with Gasteiger partial charge in [0.25, 0.3) is 0 Å². The predicted molar refractivity (Wildman–Crippen MR) is 108 cm³/mol. The van der Waals surface area contributed by atoms with E-state index in [9.17, 15) is 4.79 Å². The van der Waals surface area contributed by atoms with Gasteiger partial charge in [-0.15, -0.1) is 0 Å². The molecule has 2 heterocycles. The van der Waals surface area contributed by atoms with Gasteiger partial charge in [0.15, 0.2) is 0 Å². The van der Waals surface area contributed by atoms with Crippen LogP contribution < -0.4 is 4.90 Å². The van der Waals surface area contributed by atoms with Crippen molar-refractivity contribution in [2.45, 2.75) is 0 Å². The molecule has 0 saturated carbocycles. The molecule has 1 aromatic carbocycles. The Morgan fingerprint density at radius 2 is 1.85 bits per heavy atom. The summed E-state index contributed by atoms with van der Waals surface area (Å²) in [5.74, 6) is -0.950. The van der Waals surface area contributed by atoms with Gasteiger partial charge < -0.3 is 15.1 Å². The molecule has 6 nitrogen and oxygen atoms in total. The highest BCUT2D eigenvalue weighted by Crippen LogP contribution is 2.19. The van der Waals surface area contributed by atoms with E-state index in [1.165, 1.54) is 11.8 Å². The first-order chi connectivity index (χ1) is 13.1. The van der Waals surface area contributed by atoms with Crippen molar-refractivity contribution in [3.8, 4) is 0 Å². The fraction of sp³-hybridized carbons (Fsp3) is 0.300. The van der Waals surface area contributed by atoms with Gasteiger partial charge in [0.05, 0.1) is 6.61 Å². The van der Waals surface area contributed by atoms with Gasteiger partial charge in [-0.25, -0.2) is 4.79 Å². The van der Waals surface area contributed by atoms with Crippen LogP contribution in [-0.4, -0.2) is 65.4 Å². The Hall–Kier alpha value is -2.41. The van der Waals surface area contributed by atoms with Gasteiger partial charge in [0.1, 0.15) is 0 Å². The summed E-state index contributed by atoms with van der Waals surface area (Å²) in [7, 11) is 0. The number of aromatic nitrogens is 1. The number of hydrogen-bond acceptors (Lipinski definition) is 5. The Labute approximate surface area is 164 Å². The number of hydrogen-bond donors (Lipinski definition) is 2. The molecule has 0 atom stereocenters. The van der Waals surface area contributed by atoms with Crippen molar-refractivity contribution >= 4 is 29.3 Å². The number of halogens is 1. The highest BCUT2D eigenvalue weighted by Gasteiger charge is 2.16.